The van der Waals surface area contributed by atoms with Gasteiger partial charge in [-0.3, -0.25) is 0 Å². The monoisotopic (exact) mass is 340 g/mol. The molecule has 0 bridgehead atoms. The first-order valence-electron chi connectivity index (χ1n) is 6.49. The van der Waals surface area contributed by atoms with E-state index < -0.39 is 0 Å². The Morgan fingerprint density at radius 2 is 1.68 bits per heavy atom. The second-order valence-electron chi connectivity index (χ2n) is 4.29. The fraction of sp³-hybridized carbons (Fsp3) is 0.188. The van der Waals surface area contributed by atoms with E-state index in [4.69, 9.17) is 32.7 Å². The molecule has 0 saturated heterocycles. The number of carbonyl (C=O) groups is 1. The van der Waals surface area contributed by atoms with Gasteiger partial charge in [-0.1, -0.05) is 23.2 Å². The summed E-state index contributed by atoms with van der Waals surface area (Å²) < 4.78 is 15.6. The van der Waals surface area contributed by atoms with E-state index in [9.17, 15) is 4.79 Å². The third-order valence-electron chi connectivity index (χ3n) is 2.78. The molecule has 0 radical (unpaired) electrons. The largest absolute Gasteiger partial charge is 0.490 e. The van der Waals surface area contributed by atoms with Crippen molar-refractivity contribution in [1.82, 2.24) is 0 Å². The lowest BCUT2D eigenvalue weighted by molar-refractivity contribution is 0.0600. The van der Waals surface area contributed by atoms with Crippen LogP contribution in [0.1, 0.15) is 10.4 Å². The normalized spacial score (nSPS) is 10.1. The van der Waals surface area contributed by atoms with Crippen molar-refractivity contribution >= 4 is 29.2 Å². The maximum atomic E-state index is 11.3. The van der Waals surface area contributed by atoms with Crippen LogP contribution in [0, 0.1) is 0 Å². The van der Waals surface area contributed by atoms with Crippen LogP contribution in [0.3, 0.4) is 0 Å². The number of ether oxygens (including phenoxy) is 3. The molecule has 0 spiro atoms. The standard InChI is InChI=1S/C16H14Cl2O4/c1-20-16(19)11-2-5-13(6-3-11)21-8-9-22-15-7-4-12(17)10-14(15)18/h2-7,10H,8-9H2,1H3. The van der Waals surface area contributed by atoms with Crippen molar-refractivity contribution in [2.24, 2.45) is 0 Å². The summed E-state index contributed by atoms with van der Waals surface area (Å²) in [7, 11) is 1.34. The second-order valence-corrected chi connectivity index (χ2v) is 5.13. The summed E-state index contributed by atoms with van der Waals surface area (Å²) in [6, 6.07) is 11.7. The Morgan fingerprint density at radius 3 is 2.32 bits per heavy atom. The molecule has 0 aliphatic rings. The van der Waals surface area contributed by atoms with Gasteiger partial charge in [-0.2, -0.15) is 0 Å². The molecule has 22 heavy (non-hydrogen) atoms. The predicted molar refractivity (Wildman–Crippen MR) is 85.2 cm³/mol. The van der Waals surface area contributed by atoms with Crippen molar-refractivity contribution < 1.29 is 19.0 Å². The highest BCUT2D eigenvalue weighted by atomic mass is 35.5. The summed E-state index contributed by atoms with van der Waals surface area (Å²) in [6.45, 7) is 0.677. The van der Waals surface area contributed by atoms with Crippen molar-refractivity contribution in [2.45, 2.75) is 0 Å². The third-order valence-corrected chi connectivity index (χ3v) is 3.31. The lowest BCUT2D eigenvalue weighted by atomic mass is 10.2. The molecule has 6 heteroatoms. The van der Waals surface area contributed by atoms with Crippen LogP contribution in [0.25, 0.3) is 0 Å². The van der Waals surface area contributed by atoms with Crippen LogP contribution in [0.5, 0.6) is 11.5 Å². The van der Waals surface area contributed by atoms with Crippen LogP contribution >= 0.6 is 23.2 Å². The molecule has 0 aromatic heterocycles. The number of benzene rings is 2. The fourth-order valence-electron chi connectivity index (χ4n) is 1.71. The van der Waals surface area contributed by atoms with Crippen LogP contribution < -0.4 is 9.47 Å². The number of hydrogen-bond acceptors (Lipinski definition) is 4. The highest BCUT2D eigenvalue weighted by molar-refractivity contribution is 6.35. The van der Waals surface area contributed by atoms with Gasteiger partial charge in [0.05, 0.1) is 17.7 Å². The second kappa shape index (κ2) is 7.92. The molecule has 2 aromatic rings. The summed E-state index contributed by atoms with van der Waals surface area (Å²) in [5, 5.41) is 1.01. The summed E-state index contributed by atoms with van der Waals surface area (Å²) in [6.07, 6.45) is 0. The molecule has 0 aliphatic carbocycles. The quantitative estimate of drug-likeness (QED) is 0.582. The van der Waals surface area contributed by atoms with Gasteiger partial charge in [-0.05, 0) is 42.5 Å². The minimum Gasteiger partial charge on any atom is -0.490 e. The summed E-state index contributed by atoms with van der Waals surface area (Å²) in [5.74, 6) is 0.807. The molecule has 0 unspecified atom stereocenters. The Morgan fingerprint density at radius 1 is 1.00 bits per heavy atom. The molecule has 0 N–H and O–H groups in total. The number of methoxy groups -OCH3 is 1. The zero-order valence-electron chi connectivity index (χ0n) is 11.8. The Kier molecular flexibility index (Phi) is 5.92. The van der Waals surface area contributed by atoms with Crippen LogP contribution in [-0.2, 0) is 4.74 Å². The van der Waals surface area contributed by atoms with Crippen LogP contribution in [-0.4, -0.2) is 26.3 Å². The number of halogens is 2. The van der Waals surface area contributed by atoms with Crippen molar-refractivity contribution in [3.63, 3.8) is 0 Å². The Bertz CT molecular complexity index is 641. The lowest BCUT2D eigenvalue weighted by Gasteiger charge is -2.10. The smallest absolute Gasteiger partial charge is 0.337 e. The topological polar surface area (TPSA) is 44.8 Å². The van der Waals surface area contributed by atoms with Crippen molar-refractivity contribution in [3.05, 3.63) is 58.1 Å². The van der Waals surface area contributed by atoms with Gasteiger partial charge in [-0.15, -0.1) is 0 Å². The Hall–Kier alpha value is -1.91. The van der Waals surface area contributed by atoms with Crippen LogP contribution in [0.4, 0.5) is 0 Å². The van der Waals surface area contributed by atoms with E-state index in [2.05, 4.69) is 4.74 Å². The molecule has 2 rings (SSSR count). The SMILES string of the molecule is COC(=O)c1ccc(OCCOc2ccc(Cl)cc2Cl)cc1. The highest BCUT2D eigenvalue weighted by Gasteiger charge is 2.05. The molecular formula is C16H14Cl2O4. The molecule has 0 aliphatic heterocycles. The van der Waals surface area contributed by atoms with Gasteiger partial charge < -0.3 is 14.2 Å². The zero-order valence-corrected chi connectivity index (χ0v) is 13.4. The van der Waals surface area contributed by atoms with Gasteiger partial charge >= 0.3 is 5.97 Å². The average Bonchev–Trinajstić information content (AvgIpc) is 2.53. The van der Waals surface area contributed by atoms with Gasteiger partial charge in [0, 0.05) is 5.02 Å². The molecule has 0 atom stereocenters. The van der Waals surface area contributed by atoms with E-state index in [0.29, 0.717) is 40.3 Å². The van der Waals surface area contributed by atoms with Gasteiger partial charge in [0.1, 0.15) is 24.7 Å². The molecule has 4 nitrogen and oxygen atoms in total. The summed E-state index contributed by atoms with van der Waals surface area (Å²) in [4.78, 5) is 11.3. The van der Waals surface area contributed by atoms with Crippen molar-refractivity contribution in [1.29, 1.82) is 0 Å². The van der Waals surface area contributed by atoms with Gasteiger partial charge in [0.2, 0.25) is 0 Å². The first-order valence-corrected chi connectivity index (χ1v) is 7.25. The van der Waals surface area contributed by atoms with E-state index >= 15 is 0 Å². The maximum Gasteiger partial charge on any atom is 0.337 e. The van der Waals surface area contributed by atoms with E-state index in [0.717, 1.165) is 0 Å². The minimum absolute atomic E-state index is 0.333. The molecule has 0 fully saturated rings. The zero-order chi connectivity index (χ0) is 15.9. The van der Waals surface area contributed by atoms with Crippen molar-refractivity contribution in [3.8, 4) is 11.5 Å². The van der Waals surface area contributed by atoms with Crippen LogP contribution in [0.15, 0.2) is 42.5 Å². The van der Waals surface area contributed by atoms with E-state index in [-0.39, 0.29) is 5.97 Å². The number of hydrogen-bond donors (Lipinski definition) is 0. The van der Waals surface area contributed by atoms with E-state index in [1.807, 2.05) is 0 Å². The first kappa shape index (κ1) is 16.5. The molecule has 0 amide bonds. The van der Waals surface area contributed by atoms with E-state index in [1.165, 1.54) is 7.11 Å². The highest BCUT2D eigenvalue weighted by Crippen LogP contribution is 2.27. The third kappa shape index (κ3) is 4.55. The maximum absolute atomic E-state index is 11.3. The van der Waals surface area contributed by atoms with E-state index in [1.54, 1.807) is 42.5 Å². The Labute approximate surface area is 138 Å². The lowest BCUT2D eigenvalue weighted by Crippen LogP contribution is -2.09. The molecular weight excluding hydrogens is 327 g/mol. The van der Waals surface area contributed by atoms with Gasteiger partial charge in [0.15, 0.2) is 0 Å². The molecule has 0 heterocycles. The van der Waals surface area contributed by atoms with Crippen molar-refractivity contribution in [2.75, 3.05) is 20.3 Å². The van der Waals surface area contributed by atoms with Crippen LogP contribution in [0.2, 0.25) is 10.0 Å². The summed E-state index contributed by atoms with van der Waals surface area (Å²) in [5.41, 5.74) is 0.471. The van der Waals surface area contributed by atoms with Gasteiger partial charge in [-0.25, -0.2) is 4.79 Å². The molecule has 0 saturated carbocycles. The first-order chi connectivity index (χ1) is 10.6. The minimum atomic E-state index is -0.382. The number of rotatable bonds is 6. The Balaban J connectivity index is 1.80. The molecule has 2 aromatic carbocycles. The molecule has 116 valence electrons. The number of carbonyl (C=O) groups excluding carboxylic acids is 1. The summed E-state index contributed by atoms with van der Waals surface area (Å²) >= 11 is 11.8. The predicted octanol–water partition coefficient (Wildman–Crippen LogP) is 4.24. The average molecular weight is 341 g/mol. The number of esters is 1. The fourth-order valence-corrected chi connectivity index (χ4v) is 2.17. The van der Waals surface area contributed by atoms with Gasteiger partial charge in [0.25, 0.3) is 0 Å².